The molecule has 0 fully saturated rings. The quantitative estimate of drug-likeness (QED) is 0.558. The molecule has 0 aliphatic rings. The van der Waals surface area contributed by atoms with E-state index < -0.39 is 37.0 Å². The summed E-state index contributed by atoms with van der Waals surface area (Å²) in [5.41, 5.74) is 0. The Morgan fingerprint density at radius 1 is 1.38 bits per heavy atom. The Morgan fingerprint density at radius 3 is 1.38 bits per heavy atom. The molecular formula is CH3CaCl2NaO3. The summed E-state index contributed by atoms with van der Waals surface area (Å²) in [5.74, 6) is 0. The zero-order valence-electron chi connectivity index (χ0n) is 3.27. The molecule has 8 heavy (non-hydrogen) atoms. The molecule has 7 heteroatoms. The third-order valence-corrected chi connectivity index (χ3v) is 0. The van der Waals surface area contributed by atoms with E-state index in [1.54, 1.807) is 0 Å². The van der Waals surface area contributed by atoms with Crippen LogP contribution in [0.15, 0.2) is 0 Å². The Kier molecular flexibility index (Phi) is 33.3. The monoisotopic (exact) mass is 196 g/mol. The van der Waals surface area contributed by atoms with Crippen LogP contribution < -0.4 is 0 Å². The van der Waals surface area contributed by atoms with Gasteiger partial charge in [0.05, 0.1) is 0 Å². The Balaban J connectivity index is -0.0000000575. The molecule has 0 aromatic carbocycles. The summed E-state index contributed by atoms with van der Waals surface area (Å²) in [6.07, 6.45) is 8.07. The van der Waals surface area contributed by atoms with Crippen LogP contribution in [-0.2, 0) is 0 Å². The van der Waals surface area contributed by atoms with Crippen molar-refractivity contribution in [3.8, 4) is 0 Å². The van der Waals surface area contributed by atoms with E-state index in [0.29, 0.717) is 0 Å². The molecule has 0 saturated carbocycles. The summed E-state index contributed by atoms with van der Waals surface area (Å²) in [5, 5.41) is 13.9. The first-order chi connectivity index (χ1) is 3.15. The van der Waals surface area contributed by atoms with Gasteiger partial charge in [0.15, 0.2) is 0 Å². The van der Waals surface area contributed by atoms with Crippen LogP contribution in [0.4, 0.5) is 4.79 Å². The van der Waals surface area contributed by atoms with Gasteiger partial charge in [-0.3, -0.25) is 0 Å². The number of carboxylic acid groups (broad SMARTS) is 2. The third kappa shape index (κ3) is 92.1. The molecule has 0 aliphatic heterocycles. The van der Waals surface area contributed by atoms with E-state index in [9.17, 15) is 0 Å². The topological polar surface area (TPSA) is 57.5 Å². The van der Waals surface area contributed by atoms with Crippen LogP contribution in [0.25, 0.3) is 0 Å². The number of rotatable bonds is 0. The molecule has 42 valence electrons. The molecule has 0 bridgehead atoms. The van der Waals surface area contributed by atoms with Crippen LogP contribution in [-0.4, -0.2) is 76.8 Å². The molecule has 0 atom stereocenters. The molecule has 0 spiro atoms. The van der Waals surface area contributed by atoms with Gasteiger partial charge in [-0.2, -0.15) is 0 Å². The molecule has 0 heterocycles. The SMILES string of the molecule is O=C(O)O.[Cl][Ca][Cl].[NaH]. The normalized spacial score (nSPS) is 4.25. The van der Waals surface area contributed by atoms with Crippen molar-refractivity contribution < 1.29 is 15.0 Å². The molecule has 0 radical (unpaired) electrons. The Bertz CT molecular complexity index is 48.5. The van der Waals surface area contributed by atoms with Gasteiger partial charge in [-0.15, -0.1) is 0 Å². The van der Waals surface area contributed by atoms with Crippen LogP contribution in [0.1, 0.15) is 0 Å². The van der Waals surface area contributed by atoms with Gasteiger partial charge >= 0.3 is 79.3 Å². The van der Waals surface area contributed by atoms with Gasteiger partial charge in [-0.1, -0.05) is 0 Å². The summed E-state index contributed by atoms with van der Waals surface area (Å²) < 4.78 is 0. The van der Waals surface area contributed by atoms with Gasteiger partial charge < -0.3 is 10.2 Å². The van der Waals surface area contributed by atoms with E-state index >= 15 is 0 Å². The predicted molar refractivity (Wildman–Crippen MR) is 35.3 cm³/mol. The summed E-state index contributed by atoms with van der Waals surface area (Å²) >= 11 is -0.931. The number of carbonyl (C=O) groups is 1. The average Bonchev–Trinajstić information content (AvgIpc) is 1.33. The van der Waals surface area contributed by atoms with Gasteiger partial charge in [0.25, 0.3) is 0 Å². The van der Waals surface area contributed by atoms with Crippen molar-refractivity contribution in [3.63, 3.8) is 0 Å². The second kappa shape index (κ2) is 16.0. The van der Waals surface area contributed by atoms with Crippen molar-refractivity contribution in [2.75, 3.05) is 0 Å². The Morgan fingerprint density at radius 2 is 1.38 bits per heavy atom. The second-order valence-electron chi connectivity index (χ2n) is 0.384. The van der Waals surface area contributed by atoms with E-state index in [-0.39, 0.29) is 29.6 Å². The molecule has 2 N–H and O–H groups in total. The first-order valence-electron chi connectivity index (χ1n) is 1.19. The fourth-order valence-corrected chi connectivity index (χ4v) is 0. The van der Waals surface area contributed by atoms with Gasteiger partial charge in [0.2, 0.25) is 0 Å². The third-order valence-electron chi connectivity index (χ3n) is 0. The van der Waals surface area contributed by atoms with Gasteiger partial charge in [0.1, 0.15) is 0 Å². The molecule has 0 rings (SSSR count). The van der Waals surface area contributed by atoms with Crippen molar-refractivity contribution >= 4 is 79.3 Å². The minimum absolute atomic E-state index is 0. The summed E-state index contributed by atoms with van der Waals surface area (Å²) in [4.78, 5) is 8.56. The van der Waals surface area contributed by atoms with E-state index in [1.807, 2.05) is 0 Å². The van der Waals surface area contributed by atoms with Crippen LogP contribution in [0.5, 0.6) is 0 Å². The Hall–Kier alpha value is 2.11. The van der Waals surface area contributed by atoms with E-state index in [1.165, 1.54) is 0 Å². The number of hydrogen-bond acceptors (Lipinski definition) is 1. The van der Waals surface area contributed by atoms with Crippen LogP contribution in [0.2, 0.25) is 0 Å². The standard InChI is InChI=1S/CH2O3.Ca.2ClH.Na.H/c2-1(3)4;;;;;/h(H2,2,3,4);;2*1H;;/q;+2;;;;/p-2. The van der Waals surface area contributed by atoms with E-state index in [2.05, 4.69) is 0 Å². The predicted octanol–water partition coefficient (Wildman–Crippen LogP) is 0.572. The fraction of sp³-hybridized carbons (Fsp3) is 0. The molecule has 0 saturated heterocycles. The van der Waals surface area contributed by atoms with Crippen molar-refractivity contribution in [2.24, 2.45) is 0 Å². The van der Waals surface area contributed by atoms with Crippen molar-refractivity contribution in [1.82, 2.24) is 0 Å². The van der Waals surface area contributed by atoms with Gasteiger partial charge in [-0.25, -0.2) is 4.79 Å². The zero-order chi connectivity index (χ0) is 6.28. The molecule has 0 aromatic rings. The second-order valence-corrected chi connectivity index (χ2v) is 4.03. The average molecular weight is 197 g/mol. The fourth-order valence-electron chi connectivity index (χ4n) is 0. The maximum atomic E-state index is 8.56. The van der Waals surface area contributed by atoms with Crippen molar-refractivity contribution in [3.05, 3.63) is 0 Å². The van der Waals surface area contributed by atoms with Gasteiger partial charge in [0, 0.05) is 0 Å². The number of halogens is 2. The van der Waals surface area contributed by atoms with Gasteiger partial charge in [-0.05, 0) is 0 Å². The van der Waals surface area contributed by atoms with Crippen LogP contribution >= 0.6 is 12.8 Å². The molecule has 0 aliphatic carbocycles. The van der Waals surface area contributed by atoms with Crippen LogP contribution in [0.3, 0.4) is 0 Å². The minimum atomic E-state index is -1.83. The summed E-state index contributed by atoms with van der Waals surface area (Å²) in [6.45, 7) is 0. The Labute approximate surface area is 92.4 Å². The summed E-state index contributed by atoms with van der Waals surface area (Å²) in [6, 6.07) is 0. The number of hydrogen-bond donors (Lipinski definition) is 2. The first-order valence-corrected chi connectivity index (χ1v) is 7.26. The molecular weight excluding hydrogens is 194 g/mol. The maximum absolute atomic E-state index is 8.56. The van der Waals surface area contributed by atoms with Crippen LogP contribution in [0, 0.1) is 0 Å². The summed E-state index contributed by atoms with van der Waals surface area (Å²) in [7, 11) is 0. The van der Waals surface area contributed by atoms with Crippen molar-refractivity contribution in [2.45, 2.75) is 0 Å². The molecule has 0 amide bonds. The molecule has 0 unspecified atom stereocenters. The van der Waals surface area contributed by atoms with E-state index in [0.717, 1.165) is 0 Å². The first kappa shape index (κ1) is 16.6. The zero-order valence-corrected chi connectivity index (χ0v) is 6.99. The van der Waals surface area contributed by atoms with Crippen molar-refractivity contribution in [1.29, 1.82) is 0 Å². The molecule has 3 nitrogen and oxygen atoms in total. The van der Waals surface area contributed by atoms with E-state index in [4.69, 9.17) is 27.8 Å². The molecule has 0 aromatic heterocycles.